The Kier molecular flexibility index (Phi) is 6.67. The summed E-state index contributed by atoms with van der Waals surface area (Å²) >= 11 is 0. The molecule has 0 radical (unpaired) electrons. The van der Waals surface area contributed by atoms with Gasteiger partial charge in [0.05, 0.1) is 0 Å². The molecule has 0 fully saturated rings. The highest BCUT2D eigenvalue weighted by atomic mass is 32.2. The standard InChI is InChI=1S/C9H21NOS/c1-5-7-10-8(3)9(4)12(11)6-2/h8-10H,5-7H2,1-4H3. The van der Waals surface area contributed by atoms with Gasteiger partial charge >= 0.3 is 0 Å². The molecule has 0 aromatic rings. The van der Waals surface area contributed by atoms with Gasteiger partial charge in [-0.15, -0.1) is 0 Å². The lowest BCUT2D eigenvalue weighted by Gasteiger charge is -2.19. The molecular weight excluding hydrogens is 170 g/mol. The molecule has 12 heavy (non-hydrogen) atoms. The maximum absolute atomic E-state index is 11.4. The van der Waals surface area contributed by atoms with Crippen LogP contribution in [0, 0.1) is 0 Å². The summed E-state index contributed by atoms with van der Waals surface area (Å²) in [5.74, 6) is 0.763. The highest BCUT2D eigenvalue weighted by Gasteiger charge is 2.15. The average Bonchev–Trinajstić information content (AvgIpc) is 2.11. The van der Waals surface area contributed by atoms with Crippen molar-refractivity contribution in [2.24, 2.45) is 0 Å². The summed E-state index contributed by atoms with van der Waals surface area (Å²) in [4.78, 5) is 0. The first-order valence-corrected chi connectivity index (χ1v) is 6.12. The summed E-state index contributed by atoms with van der Waals surface area (Å²) in [7, 11) is -0.668. The monoisotopic (exact) mass is 191 g/mol. The predicted octanol–water partition coefficient (Wildman–Crippen LogP) is 1.53. The predicted molar refractivity (Wildman–Crippen MR) is 55.9 cm³/mol. The summed E-state index contributed by atoms with van der Waals surface area (Å²) in [5.41, 5.74) is 0. The third kappa shape index (κ3) is 4.21. The van der Waals surface area contributed by atoms with Gasteiger partial charge in [0.25, 0.3) is 0 Å². The Hall–Kier alpha value is 0.110. The maximum atomic E-state index is 11.4. The number of hydrogen-bond donors (Lipinski definition) is 1. The summed E-state index contributed by atoms with van der Waals surface area (Å²) in [6, 6.07) is 0.366. The van der Waals surface area contributed by atoms with Crippen LogP contribution in [0.15, 0.2) is 0 Å². The lowest BCUT2D eigenvalue weighted by Crippen LogP contribution is -2.38. The third-order valence-corrected chi connectivity index (χ3v) is 3.93. The Balaban J connectivity index is 3.75. The van der Waals surface area contributed by atoms with E-state index in [0.29, 0.717) is 6.04 Å². The van der Waals surface area contributed by atoms with Crippen LogP contribution < -0.4 is 5.32 Å². The molecule has 1 N–H and O–H groups in total. The summed E-state index contributed by atoms with van der Waals surface area (Å²) in [6.07, 6.45) is 1.13. The molecule has 2 nitrogen and oxygen atoms in total. The molecule has 0 aliphatic rings. The third-order valence-electron chi connectivity index (χ3n) is 2.12. The molecule has 0 aromatic heterocycles. The van der Waals surface area contributed by atoms with Gasteiger partial charge < -0.3 is 5.32 Å². The van der Waals surface area contributed by atoms with Crippen LogP contribution >= 0.6 is 0 Å². The molecule has 0 heterocycles. The fourth-order valence-electron chi connectivity index (χ4n) is 1.03. The zero-order valence-corrected chi connectivity index (χ0v) is 9.41. The second-order valence-corrected chi connectivity index (χ2v) is 5.20. The van der Waals surface area contributed by atoms with Crippen LogP contribution in [0.3, 0.4) is 0 Å². The fraction of sp³-hybridized carbons (Fsp3) is 1.00. The van der Waals surface area contributed by atoms with Crippen molar-refractivity contribution in [2.45, 2.75) is 45.4 Å². The van der Waals surface area contributed by atoms with Crippen molar-refractivity contribution in [3.63, 3.8) is 0 Å². The normalized spacial score (nSPS) is 18.7. The van der Waals surface area contributed by atoms with Crippen molar-refractivity contribution in [1.29, 1.82) is 0 Å². The van der Waals surface area contributed by atoms with E-state index >= 15 is 0 Å². The minimum atomic E-state index is -0.668. The van der Waals surface area contributed by atoms with E-state index in [2.05, 4.69) is 19.2 Å². The molecule has 3 atom stereocenters. The zero-order valence-electron chi connectivity index (χ0n) is 8.59. The van der Waals surface area contributed by atoms with Crippen LogP contribution in [0.4, 0.5) is 0 Å². The van der Waals surface area contributed by atoms with Crippen LogP contribution in [0.1, 0.15) is 34.1 Å². The van der Waals surface area contributed by atoms with Crippen molar-refractivity contribution in [1.82, 2.24) is 5.32 Å². The SMILES string of the molecule is CCCNC(C)C(C)S(=O)CC. The Morgan fingerprint density at radius 1 is 1.33 bits per heavy atom. The molecule has 74 valence electrons. The largest absolute Gasteiger partial charge is 0.313 e. The number of nitrogens with one attached hydrogen (secondary N) is 1. The topological polar surface area (TPSA) is 29.1 Å². The number of hydrogen-bond acceptors (Lipinski definition) is 2. The highest BCUT2D eigenvalue weighted by molar-refractivity contribution is 7.85. The Bertz CT molecular complexity index is 138. The van der Waals surface area contributed by atoms with Crippen LogP contribution in [-0.2, 0) is 10.8 Å². The Morgan fingerprint density at radius 3 is 2.33 bits per heavy atom. The maximum Gasteiger partial charge on any atom is 0.0470 e. The van der Waals surface area contributed by atoms with Gasteiger partial charge in [0.1, 0.15) is 0 Å². The summed E-state index contributed by atoms with van der Waals surface area (Å²) in [5, 5.41) is 3.62. The average molecular weight is 191 g/mol. The van der Waals surface area contributed by atoms with Gasteiger partial charge in [-0.1, -0.05) is 13.8 Å². The van der Waals surface area contributed by atoms with E-state index in [1.54, 1.807) is 0 Å². The number of rotatable bonds is 6. The second-order valence-electron chi connectivity index (χ2n) is 3.12. The molecule has 0 saturated carbocycles. The molecule has 0 amide bonds. The highest BCUT2D eigenvalue weighted by Crippen LogP contribution is 2.01. The minimum absolute atomic E-state index is 0.265. The van der Waals surface area contributed by atoms with Crippen molar-refractivity contribution in [2.75, 3.05) is 12.3 Å². The van der Waals surface area contributed by atoms with Gasteiger partial charge in [-0.05, 0) is 26.8 Å². The van der Waals surface area contributed by atoms with Crippen molar-refractivity contribution in [3.05, 3.63) is 0 Å². The van der Waals surface area contributed by atoms with Gasteiger partial charge in [0.2, 0.25) is 0 Å². The van der Waals surface area contributed by atoms with Gasteiger partial charge in [0.15, 0.2) is 0 Å². The van der Waals surface area contributed by atoms with Crippen LogP contribution in [0.5, 0.6) is 0 Å². The smallest absolute Gasteiger partial charge is 0.0470 e. The molecule has 0 spiro atoms. The molecule has 0 aliphatic heterocycles. The van der Waals surface area contributed by atoms with E-state index in [-0.39, 0.29) is 5.25 Å². The van der Waals surface area contributed by atoms with Crippen molar-refractivity contribution >= 4 is 10.8 Å². The van der Waals surface area contributed by atoms with Crippen LogP contribution in [-0.4, -0.2) is 27.8 Å². The molecule has 0 bridgehead atoms. The Labute approximate surface area is 78.6 Å². The van der Waals surface area contributed by atoms with Gasteiger partial charge in [-0.25, -0.2) is 0 Å². The lowest BCUT2D eigenvalue weighted by molar-refractivity contribution is 0.532. The first-order valence-electron chi connectivity index (χ1n) is 4.74. The molecule has 0 aromatic carbocycles. The van der Waals surface area contributed by atoms with Crippen molar-refractivity contribution < 1.29 is 4.21 Å². The molecule has 3 heteroatoms. The molecule has 0 saturated heterocycles. The summed E-state index contributed by atoms with van der Waals surface area (Å²) in [6.45, 7) is 9.29. The zero-order chi connectivity index (χ0) is 9.56. The first kappa shape index (κ1) is 12.1. The van der Waals surface area contributed by atoms with E-state index in [9.17, 15) is 4.21 Å². The second kappa shape index (κ2) is 6.61. The molecule has 0 rings (SSSR count). The summed E-state index contributed by atoms with van der Waals surface area (Å²) < 4.78 is 11.4. The van der Waals surface area contributed by atoms with Crippen molar-refractivity contribution in [3.8, 4) is 0 Å². The van der Waals surface area contributed by atoms with Crippen LogP contribution in [0.25, 0.3) is 0 Å². The van der Waals surface area contributed by atoms with E-state index in [4.69, 9.17) is 0 Å². The Morgan fingerprint density at radius 2 is 1.92 bits per heavy atom. The van der Waals surface area contributed by atoms with E-state index in [1.165, 1.54) is 0 Å². The van der Waals surface area contributed by atoms with E-state index in [1.807, 2.05) is 13.8 Å². The van der Waals surface area contributed by atoms with Gasteiger partial charge in [-0.3, -0.25) is 4.21 Å². The minimum Gasteiger partial charge on any atom is -0.313 e. The molecular formula is C9H21NOS. The quantitative estimate of drug-likeness (QED) is 0.690. The van der Waals surface area contributed by atoms with Gasteiger partial charge in [-0.2, -0.15) is 0 Å². The van der Waals surface area contributed by atoms with E-state index in [0.717, 1.165) is 18.7 Å². The first-order chi connectivity index (χ1) is 5.63. The van der Waals surface area contributed by atoms with E-state index < -0.39 is 10.8 Å². The molecule has 0 aliphatic carbocycles. The van der Waals surface area contributed by atoms with Gasteiger partial charge in [0, 0.05) is 27.8 Å². The van der Waals surface area contributed by atoms with Crippen LogP contribution in [0.2, 0.25) is 0 Å². The lowest BCUT2D eigenvalue weighted by atomic mass is 10.2. The fourth-order valence-corrected chi connectivity index (χ4v) is 2.11. The molecule has 3 unspecified atom stereocenters.